The highest BCUT2D eigenvalue weighted by molar-refractivity contribution is 5.78. The number of ether oxygens (including phenoxy) is 3. The summed E-state index contributed by atoms with van der Waals surface area (Å²) in [5.41, 5.74) is 3.68. The van der Waals surface area contributed by atoms with Gasteiger partial charge in [-0.05, 0) is 34.9 Å². The fraction of sp³-hybridized carbons (Fsp3) is 0.435. The van der Waals surface area contributed by atoms with Crippen molar-refractivity contribution in [3.05, 3.63) is 53.1 Å². The highest BCUT2D eigenvalue weighted by Gasteiger charge is 2.20. The van der Waals surface area contributed by atoms with Crippen LogP contribution in [0.2, 0.25) is 0 Å². The summed E-state index contributed by atoms with van der Waals surface area (Å²) in [5.74, 6) is 2.60. The van der Waals surface area contributed by atoms with Crippen molar-refractivity contribution in [1.82, 2.24) is 15.1 Å². The van der Waals surface area contributed by atoms with Crippen LogP contribution in [0.4, 0.5) is 0 Å². The van der Waals surface area contributed by atoms with Crippen LogP contribution >= 0.6 is 0 Å². The van der Waals surface area contributed by atoms with Gasteiger partial charge in [0.25, 0.3) is 0 Å². The van der Waals surface area contributed by atoms with E-state index in [1.165, 1.54) is 11.1 Å². The molecular weight excluding hydrogens is 382 g/mol. The number of hydrogen-bond acceptors (Lipinski definition) is 6. The number of nitrogens with one attached hydrogen (secondary N) is 1. The van der Waals surface area contributed by atoms with Gasteiger partial charge in [0.15, 0.2) is 11.5 Å². The fourth-order valence-corrected chi connectivity index (χ4v) is 4.21. The van der Waals surface area contributed by atoms with Crippen LogP contribution in [-0.2, 0) is 24.3 Å². The number of carbonyl (C=O) groups excluding carboxylic acids is 1. The van der Waals surface area contributed by atoms with Gasteiger partial charge in [-0.15, -0.1) is 0 Å². The molecule has 2 aromatic rings. The van der Waals surface area contributed by atoms with E-state index in [4.69, 9.17) is 14.2 Å². The summed E-state index contributed by atoms with van der Waals surface area (Å²) in [4.78, 5) is 17.0. The van der Waals surface area contributed by atoms with E-state index in [1.807, 2.05) is 18.2 Å². The standard InChI is InChI=1S/C23H27N3O4/c27-23(24-13-17-1-4-21-22(12-17)30-16-29-21)15-26-8-6-25(7-9-26)14-18-2-3-20-19(11-18)5-10-28-20/h1-4,11-12H,5-10,13-16H2,(H,24,27). The molecule has 0 unspecified atom stereocenters. The van der Waals surface area contributed by atoms with Crippen molar-refractivity contribution in [2.45, 2.75) is 19.5 Å². The first kappa shape index (κ1) is 19.2. The Morgan fingerprint density at radius 3 is 2.53 bits per heavy atom. The van der Waals surface area contributed by atoms with Crippen LogP contribution in [0, 0.1) is 0 Å². The lowest BCUT2D eigenvalue weighted by molar-refractivity contribution is -0.122. The molecule has 0 radical (unpaired) electrons. The summed E-state index contributed by atoms with van der Waals surface area (Å²) in [7, 11) is 0. The van der Waals surface area contributed by atoms with E-state index in [-0.39, 0.29) is 12.7 Å². The van der Waals surface area contributed by atoms with E-state index in [0.717, 1.165) is 68.6 Å². The third-order valence-electron chi connectivity index (χ3n) is 5.92. The fourth-order valence-electron chi connectivity index (χ4n) is 4.21. The predicted octanol–water partition coefficient (Wildman–Crippen LogP) is 1.78. The van der Waals surface area contributed by atoms with Crippen molar-refractivity contribution in [2.24, 2.45) is 0 Å². The van der Waals surface area contributed by atoms with Crippen molar-refractivity contribution in [1.29, 1.82) is 0 Å². The number of hydrogen-bond donors (Lipinski definition) is 1. The Morgan fingerprint density at radius 2 is 1.63 bits per heavy atom. The summed E-state index contributed by atoms with van der Waals surface area (Å²) < 4.78 is 16.3. The first-order valence-electron chi connectivity index (χ1n) is 10.6. The van der Waals surface area contributed by atoms with Gasteiger partial charge in [0.1, 0.15) is 5.75 Å². The average Bonchev–Trinajstić information content (AvgIpc) is 3.42. The molecule has 1 fully saturated rings. The Balaban J connectivity index is 1.05. The Morgan fingerprint density at radius 1 is 0.867 bits per heavy atom. The third-order valence-corrected chi connectivity index (χ3v) is 5.92. The minimum absolute atomic E-state index is 0.0553. The normalized spacial score (nSPS) is 18.1. The molecule has 0 aromatic heterocycles. The van der Waals surface area contributed by atoms with E-state index >= 15 is 0 Å². The lowest BCUT2D eigenvalue weighted by Gasteiger charge is -2.34. The molecule has 158 valence electrons. The molecule has 0 aliphatic carbocycles. The number of nitrogens with zero attached hydrogens (tertiary/aromatic N) is 2. The molecule has 5 rings (SSSR count). The topological polar surface area (TPSA) is 63.3 Å². The molecule has 1 saturated heterocycles. The van der Waals surface area contributed by atoms with Crippen molar-refractivity contribution in [3.63, 3.8) is 0 Å². The predicted molar refractivity (Wildman–Crippen MR) is 112 cm³/mol. The summed E-state index contributed by atoms with van der Waals surface area (Å²) in [6.45, 7) is 6.72. The molecule has 7 nitrogen and oxygen atoms in total. The Kier molecular flexibility index (Phi) is 5.46. The van der Waals surface area contributed by atoms with Crippen LogP contribution in [-0.4, -0.2) is 61.8 Å². The Bertz CT molecular complexity index is 925. The highest BCUT2D eigenvalue weighted by Crippen LogP contribution is 2.32. The molecule has 0 bridgehead atoms. The highest BCUT2D eigenvalue weighted by atomic mass is 16.7. The van der Waals surface area contributed by atoms with Gasteiger partial charge in [-0.3, -0.25) is 14.6 Å². The summed E-state index contributed by atoms with van der Waals surface area (Å²) in [5, 5.41) is 3.01. The summed E-state index contributed by atoms with van der Waals surface area (Å²) >= 11 is 0. The second-order valence-electron chi connectivity index (χ2n) is 8.06. The van der Waals surface area contributed by atoms with Gasteiger partial charge in [0.05, 0.1) is 13.2 Å². The second-order valence-corrected chi connectivity index (χ2v) is 8.06. The SMILES string of the molecule is O=C(CN1CCN(Cc2ccc3c(c2)CCO3)CC1)NCc1ccc2c(c1)OCO2. The molecule has 3 heterocycles. The van der Waals surface area contributed by atoms with Crippen molar-refractivity contribution < 1.29 is 19.0 Å². The van der Waals surface area contributed by atoms with Crippen LogP contribution in [0.15, 0.2) is 36.4 Å². The van der Waals surface area contributed by atoms with Gasteiger partial charge in [-0.25, -0.2) is 0 Å². The minimum Gasteiger partial charge on any atom is -0.493 e. The maximum absolute atomic E-state index is 12.4. The smallest absolute Gasteiger partial charge is 0.234 e. The second kappa shape index (κ2) is 8.53. The number of carbonyl (C=O) groups is 1. The molecule has 0 atom stereocenters. The van der Waals surface area contributed by atoms with E-state index in [9.17, 15) is 4.79 Å². The molecule has 0 saturated carbocycles. The van der Waals surface area contributed by atoms with Gasteiger partial charge in [0, 0.05) is 45.7 Å². The number of amides is 1. The van der Waals surface area contributed by atoms with E-state index < -0.39 is 0 Å². The number of benzene rings is 2. The number of fused-ring (bicyclic) bond motifs is 2. The minimum atomic E-state index is 0.0553. The molecule has 3 aliphatic heterocycles. The number of piperazine rings is 1. The Labute approximate surface area is 176 Å². The van der Waals surface area contributed by atoms with Crippen LogP contribution in [0.1, 0.15) is 16.7 Å². The largest absolute Gasteiger partial charge is 0.493 e. The van der Waals surface area contributed by atoms with Crippen molar-refractivity contribution in [2.75, 3.05) is 46.1 Å². The van der Waals surface area contributed by atoms with Gasteiger partial charge in [0.2, 0.25) is 12.7 Å². The quantitative estimate of drug-likeness (QED) is 0.785. The van der Waals surface area contributed by atoms with Crippen LogP contribution in [0.3, 0.4) is 0 Å². The van der Waals surface area contributed by atoms with Crippen molar-refractivity contribution in [3.8, 4) is 17.2 Å². The lowest BCUT2D eigenvalue weighted by Crippen LogP contribution is -2.49. The molecule has 7 heteroatoms. The van der Waals surface area contributed by atoms with Crippen molar-refractivity contribution >= 4 is 5.91 Å². The zero-order chi connectivity index (χ0) is 20.3. The van der Waals surface area contributed by atoms with Gasteiger partial charge >= 0.3 is 0 Å². The average molecular weight is 409 g/mol. The lowest BCUT2D eigenvalue weighted by atomic mass is 10.1. The molecule has 2 aromatic carbocycles. The van der Waals surface area contributed by atoms with Gasteiger partial charge in [-0.2, -0.15) is 0 Å². The first-order chi connectivity index (χ1) is 14.7. The monoisotopic (exact) mass is 409 g/mol. The van der Waals surface area contributed by atoms with E-state index in [0.29, 0.717) is 13.1 Å². The zero-order valence-corrected chi connectivity index (χ0v) is 17.1. The third kappa shape index (κ3) is 4.37. The van der Waals surface area contributed by atoms with Crippen LogP contribution in [0.25, 0.3) is 0 Å². The first-order valence-corrected chi connectivity index (χ1v) is 10.6. The molecular formula is C23H27N3O4. The maximum atomic E-state index is 12.4. The van der Waals surface area contributed by atoms with E-state index in [2.05, 4.69) is 33.3 Å². The molecule has 0 spiro atoms. The summed E-state index contributed by atoms with van der Waals surface area (Å²) in [6, 6.07) is 12.3. The maximum Gasteiger partial charge on any atom is 0.234 e. The molecule has 30 heavy (non-hydrogen) atoms. The molecule has 3 aliphatic rings. The summed E-state index contributed by atoms with van der Waals surface area (Å²) in [6.07, 6.45) is 1.01. The Hall–Kier alpha value is -2.77. The zero-order valence-electron chi connectivity index (χ0n) is 17.1. The van der Waals surface area contributed by atoms with Gasteiger partial charge in [-0.1, -0.05) is 18.2 Å². The molecule has 1 amide bonds. The number of rotatable bonds is 6. The van der Waals surface area contributed by atoms with Crippen LogP contribution < -0.4 is 19.5 Å². The van der Waals surface area contributed by atoms with Crippen LogP contribution in [0.5, 0.6) is 17.2 Å². The molecule has 1 N–H and O–H groups in total. The van der Waals surface area contributed by atoms with E-state index in [1.54, 1.807) is 0 Å². The van der Waals surface area contributed by atoms with Gasteiger partial charge < -0.3 is 19.5 Å².